The maximum Gasteiger partial charge on any atom is 2.00 e. The van der Waals surface area contributed by atoms with Crippen molar-refractivity contribution in [3.05, 3.63) is 147 Å². The third kappa shape index (κ3) is 9.65. The van der Waals surface area contributed by atoms with Gasteiger partial charge >= 0.3 is 17.1 Å². The van der Waals surface area contributed by atoms with Crippen molar-refractivity contribution >= 4 is 70.4 Å². The number of benzene rings is 5. The Balaban J connectivity index is 0.00000582. The van der Waals surface area contributed by atoms with E-state index >= 15 is 0 Å². The molecule has 5 aromatic carbocycles. The molecule has 0 fully saturated rings. The maximum atomic E-state index is 14.2. The summed E-state index contributed by atoms with van der Waals surface area (Å²) in [5.74, 6) is 1.26. The monoisotopic (exact) mass is 1020 g/mol. The van der Waals surface area contributed by atoms with E-state index in [1.54, 1.807) is 48.5 Å². The second kappa shape index (κ2) is 20.2. The number of phenolic OH excluding ortho intramolecular Hbond substituents is 2. The second-order valence-corrected chi connectivity index (χ2v) is 18.6. The number of allylic oxidation sites excluding steroid dienone is 2. The van der Waals surface area contributed by atoms with Crippen LogP contribution in [-0.2, 0) is 42.8 Å². The van der Waals surface area contributed by atoms with Crippen LogP contribution in [0.4, 0.5) is 0 Å². The molecule has 17 heteroatoms. The van der Waals surface area contributed by atoms with Crippen molar-refractivity contribution < 1.29 is 36.9 Å². The maximum absolute atomic E-state index is 14.2. The standard InChI is InChI=1S/C54H46N10O4S2.Fe/c65-32-13-7-10-29(25-32)9-3-5-23-55-53(67)31-17-20-35-40(26-31)49-61-47(35)63-52-44-38(14-8-15-39(44)54(68)56-24-6-4-12-30-11-1-2-16-43(30)66)48(64-52)57-45-36-21-18-33(69)27-41(36)50(58-45)59-46-37-22-19-34(70)28-42(37)51(60-46)62-49;/h1-2,7-8,10-11,13-20,22,25-26,28H,3-6,9,12,21,23-24,27H2,(H8,55,56,57,58,59,60,61,62,63,64,65,66,67,68,69,70);/q;+2/p-2. The minimum Gasteiger partial charge on any atom is -0.508 e. The molecular weight excluding hydrogens is 973 g/mol. The number of hydrogen-bond acceptors (Lipinski definition) is 12. The number of aryl methyl sites for hydroxylation is 2. The fraction of sp³-hybridized carbons (Fsp3) is 0.185. The van der Waals surface area contributed by atoms with Gasteiger partial charge in [0, 0.05) is 80.4 Å². The number of carbonyl (C=O) groups excluding carboxylic acids is 2. The average molecular weight is 1020 g/mol. The Morgan fingerprint density at radius 3 is 2.11 bits per heavy atom. The van der Waals surface area contributed by atoms with Gasteiger partial charge in [0.2, 0.25) is 0 Å². The van der Waals surface area contributed by atoms with Crippen molar-refractivity contribution in [1.29, 1.82) is 0 Å². The summed E-state index contributed by atoms with van der Waals surface area (Å²) in [6, 6.07) is 30.9. The van der Waals surface area contributed by atoms with Crippen LogP contribution in [0.2, 0.25) is 0 Å². The Bertz CT molecular complexity index is 3650. The van der Waals surface area contributed by atoms with Gasteiger partial charge in [-0.2, -0.15) is 0 Å². The fourth-order valence-corrected chi connectivity index (χ4v) is 9.66. The van der Waals surface area contributed by atoms with Crippen LogP contribution in [0.3, 0.4) is 0 Å². The van der Waals surface area contributed by atoms with E-state index in [2.05, 4.69) is 23.3 Å². The molecule has 1 aliphatic carbocycles. The first-order valence-corrected chi connectivity index (χ1v) is 24.1. The zero-order chi connectivity index (χ0) is 47.9. The Kier molecular flexibility index (Phi) is 13.5. The van der Waals surface area contributed by atoms with Crippen LogP contribution >= 0.6 is 25.3 Å². The SMILES string of the molecule is O=C(NCCCCc1cccc(O)c1)c1ccc2c3nc4nc(nc5[n-]c(nc6nc(nc([n-]3)c2c1)-c1cc(S)ccc1-6)c1c5CC=C(S)C1)-c1cccc(C(=O)NCCCCc2ccccc2O)c1-4.[Fe+2]. The number of phenols is 2. The van der Waals surface area contributed by atoms with Crippen molar-refractivity contribution in [3.8, 4) is 57.1 Å². The fourth-order valence-electron chi connectivity index (χ4n) is 9.21. The smallest absolute Gasteiger partial charge is 0.508 e. The van der Waals surface area contributed by atoms with Gasteiger partial charge in [0.05, 0.1) is 23.3 Å². The van der Waals surface area contributed by atoms with Crippen LogP contribution in [0.25, 0.3) is 78.9 Å². The van der Waals surface area contributed by atoms with Gasteiger partial charge in [0.15, 0.2) is 0 Å². The molecule has 0 unspecified atom stereocenters. The summed E-state index contributed by atoms with van der Waals surface area (Å²) >= 11 is 9.41. The van der Waals surface area contributed by atoms with Gasteiger partial charge in [-0.15, -0.1) is 25.3 Å². The zero-order valence-corrected chi connectivity index (χ0v) is 40.9. The van der Waals surface area contributed by atoms with Crippen LogP contribution in [0.1, 0.15) is 68.7 Å². The molecule has 5 heterocycles. The zero-order valence-electron chi connectivity index (χ0n) is 38.0. The van der Waals surface area contributed by atoms with E-state index in [9.17, 15) is 19.8 Å². The number of hydrogen-bond donors (Lipinski definition) is 6. The number of para-hydroxylation sites is 1. The van der Waals surface area contributed by atoms with Crippen LogP contribution in [0, 0.1) is 0 Å². The summed E-state index contributed by atoms with van der Waals surface area (Å²) in [7, 11) is 0. The number of fused-ring (bicyclic) bond motifs is 20. The molecule has 8 aromatic rings. The molecule has 3 aromatic heterocycles. The molecule has 354 valence electrons. The van der Waals surface area contributed by atoms with E-state index in [-0.39, 0.29) is 57.5 Å². The second-order valence-electron chi connectivity index (χ2n) is 17.5. The Morgan fingerprint density at radius 1 is 0.592 bits per heavy atom. The summed E-state index contributed by atoms with van der Waals surface area (Å²) in [6.45, 7) is 0.868. The van der Waals surface area contributed by atoms with Crippen LogP contribution in [0.15, 0.2) is 119 Å². The number of rotatable bonds is 12. The third-order valence-electron chi connectivity index (χ3n) is 12.8. The number of aromatic nitrogens is 8. The van der Waals surface area contributed by atoms with Gasteiger partial charge in [0.1, 0.15) is 11.5 Å². The van der Waals surface area contributed by atoms with Crippen molar-refractivity contribution in [2.24, 2.45) is 0 Å². The molecule has 0 radical (unpaired) electrons. The number of amides is 2. The topological polar surface area (TPSA) is 204 Å². The first-order valence-electron chi connectivity index (χ1n) is 23.2. The van der Waals surface area contributed by atoms with E-state index in [0.717, 1.165) is 58.4 Å². The third-order valence-corrected chi connectivity index (χ3v) is 13.4. The van der Waals surface area contributed by atoms with Gasteiger partial charge in [-0.05, 0) is 131 Å². The van der Waals surface area contributed by atoms with Gasteiger partial charge in [0.25, 0.3) is 11.8 Å². The minimum atomic E-state index is -0.301. The molecule has 3 aliphatic rings. The first kappa shape index (κ1) is 47.4. The normalized spacial score (nSPS) is 12.3. The van der Waals surface area contributed by atoms with Gasteiger partial charge in [-0.25, -0.2) is 9.97 Å². The summed E-state index contributed by atoms with van der Waals surface area (Å²) in [6.07, 6.45) is 7.56. The molecule has 11 rings (SSSR count). The molecule has 14 nitrogen and oxygen atoms in total. The number of unbranched alkanes of at least 4 members (excludes halogenated alkanes) is 2. The number of aromatic hydroxyl groups is 2. The van der Waals surface area contributed by atoms with E-state index < -0.39 is 0 Å². The molecule has 0 saturated carbocycles. The number of carbonyl (C=O) groups is 2. The van der Waals surface area contributed by atoms with E-state index in [1.165, 1.54) is 0 Å². The predicted octanol–water partition coefficient (Wildman–Crippen LogP) is 9.09. The molecule has 71 heavy (non-hydrogen) atoms. The van der Waals surface area contributed by atoms with E-state index in [0.29, 0.717) is 111 Å². The number of nitrogens with zero attached hydrogens (tertiary/aromatic N) is 8. The summed E-state index contributed by atoms with van der Waals surface area (Å²) < 4.78 is 0. The Labute approximate surface area is 429 Å². The molecular formula is C54H44FeN10O4S2. The molecule has 8 bridgehead atoms. The molecule has 2 amide bonds. The van der Waals surface area contributed by atoms with Gasteiger partial charge < -0.3 is 50.8 Å². The van der Waals surface area contributed by atoms with Crippen molar-refractivity contribution in [2.75, 3.05) is 13.1 Å². The largest absolute Gasteiger partial charge is 2.00 e. The van der Waals surface area contributed by atoms with E-state index in [4.69, 9.17) is 52.5 Å². The van der Waals surface area contributed by atoms with Crippen molar-refractivity contribution in [3.63, 3.8) is 0 Å². The summed E-state index contributed by atoms with van der Waals surface area (Å²) in [5.41, 5.74) is 8.44. The Hall–Kier alpha value is -7.30. The molecule has 4 N–H and O–H groups in total. The van der Waals surface area contributed by atoms with Crippen molar-refractivity contribution in [2.45, 2.75) is 56.3 Å². The predicted molar refractivity (Wildman–Crippen MR) is 275 cm³/mol. The summed E-state index contributed by atoms with van der Waals surface area (Å²) in [5, 5.41) is 27.4. The molecule has 2 aliphatic heterocycles. The van der Waals surface area contributed by atoms with Gasteiger partial charge in [-0.3, -0.25) is 9.59 Å². The minimum absolute atomic E-state index is 0. The first-order chi connectivity index (χ1) is 34.1. The average Bonchev–Trinajstić information content (AvgIpc) is 4.09. The van der Waals surface area contributed by atoms with E-state index in [1.807, 2.05) is 60.7 Å². The van der Waals surface area contributed by atoms with Crippen LogP contribution < -0.4 is 20.6 Å². The van der Waals surface area contributed by atoms with Crippen LogP contribution in [0.5, 0.6) is 11.5 Å². The summed E-state index contributed by atoms with van der Waals surface area (Å²) in [4.78, 5) is 70.0. The quantitative estimate of drug-likeness (QED) is 0.0386. The van der Waals surface area contributed by atoms with Gasteiger partial charge in [-0.1, -0.05) is 60.7 Å². The molecule has 0 atom stereocenters. The molecule has 0 saturated heterocycles. The molecule has 0 spiro atoms. The van der Waals surface area contributed by atoms with Crippen molar-refractivity contribution in [1.82, 2.24) is 50.5 Å². The van der Waals surface area contributed by atoms with Crippen LogP contribution in [-0.4, -0.2) is 65.0 Å². The Morgan fingerprint density at radius 2 is 1.28 bits per heavy atom. The number of nitrogens with one attached hydrogen (secondary N) is 2. The number of thiol groups is 2.